The molecule has 0 fully saturated rings. The highest BCUT2D eigenvalue weighted by Crippen LogP contribution is 2.23. The standard InChI is InChI=1S/C10H14N2SSi/c1-14(2,3)7-4-5-8-9(6-7)13-10(11)12-8/h4-6H,1-3H3,(H2,11,12). The molecule has 0 spiro atoms. The summed E-state index contributed by atoms with van der Waals surface area (Å²) in [6, 6.07) is 6.51. The van der Waals surface area contributed by atoms with Gasteiger partial charge in [-0.2, -0.15) is 0 Å². The van der Waals surface area contributed by atoms with Crippen LogP contribution in [0.15, 0.2) is 18.2 Å². The number of hydrogen-bond donors (Lipinski definition) is 1. The summed E-state index contributed by atoms with van der Waals surface area (Å²) in [5.41, 5.74) is 6.69. The highest BCUT2D eigenvalue weighted by Gasteiger charge is 2.16. The Hall–Kier alpha value is -0.873. The van der Waals surface area contributed by atoms with Gasteiger partial charge >= 0.3 is 0 Å². The van der Waals surface area contributed by atoms with Crippen molar-refractivity contribution in [2.75, 3.05) is 5.73 Å². The molecular weight excluding hydrogens is 208 g/mol. The first-order chi connectivity index (χ1) is 6.47. The molecule has 0 aliphatic heterocycles. The van der Waals surface area contributed by atoms with Crippen LogP contribution >= 0.6 is 11.3 Å². The second kappa shape index (κ2) is 3.07. The van der Waals surface area contributed by atoms with Gasteiger partial charge in [0.1, 0.15) is 0 Å². The molecule has 1 aromatic heterocycles. The van der Waals surface area contributed by atoms with Gasteiger partial charge in [-0.05, 0) is 12.1 Å². The summed E-state index contributed by atoms with van der Waals surface area (Å²) < 4.78 is 1.21. The van der Waals surface area contributed by atoms with Crippen LogP contribution in [-0.2, 0) is 0 Å². The summed E-state index contributed by atoms with van der Waals surface area (Å²) in [4.78, 5) is 4.25. The predicted octanol–water partition coefficient (Wildman–Crippen LogP) is 2.42. The van der Waals surface area contributed by atoms with Crippen LogP contribution in [0.25, 0.3) is 10.2 Å². The summed E-state index contributed by atoms with van der Waals surface area (Å²) in [7, 11) is -1.20. The lowest BCUT2D eigenvalue weighted by molar-refractivity contribution is 1.50. The van der Waals surface area contributed by atoms with Crippen molar-refractivity contribution in [3.05, 3.63) is 18.2 Å². The van der Waals surface area contributed by atoms with Crippen molar-refractivity contribution >= 4 is 39.9 Å². The van der Waals surface area contributed by atoms with Crippen molar-refractivity contribution in [1.29, 1.82) is 0 Å². The van der Waals surface area contributed by atoms with Gasteiger partial charge in [0, 0.05) is 0 Å². The number of aromatic nitrogens is 1. The number of rotatable bonds is 1. The quantitative estimate of drug-likeness (QED) is 0.753. The molecule has 14 heavy (non-hydrogen) atoms. The summed E-state index contributed by atoms with van der Waals surface area (Å²) in [6.07, 6.45) is 0. The normalized spacial score (nSPS) is 12.2. The maximum absolute atomic E-state index is 5.67. The Balaban J connectivity index is 2.62. The van der Waals surface area contributed by atoms with E-state index in [1.165, 1.54) is 9.89 Å². The number of hydrogen-bond acceptors (Lipinski definition) is 3. The van der Waals surface area contributed by atoms with Gasteiger partial charge in [0.2, 0.25) is 0 Å². The molecule has 0 unspecified atom stereocenters. The smallest absolute Gasteiger partial charge is 0.181 e. The van der Waals surface area contributed by atoms with Crippen molar-refractivity contribution in [3.63, 3.8) is 0 Å². The van der Waals surface area contributed by atoms with Crippen LogP contribution in [0.4, 0.5) is 5.13 Å². The van der Waals surface area contributed by atoms with Crippen molar-refractivity contribution < 1.29 is 0 Å². The first-order valence-corrected chi connectivity index (χ1v) is 8.95. The van der Waals surface area contributed by atoms with Crippen LogP contribution in [0.5, 0.6) is 0 Å². The molecule has 2 aromatic rings. The van der Waals surface area contributed by atoms with Gasteiger partial charge < -0.3 is 5.73 Å². The molecule has 74 valence electrons. The largest absolute Gasteiger partial charge is 0.375 e. The van der Waals surface area contributed by atoms with E-state index >= 15 is 0 Å². The molecule has 0 saturated carbocycles. The molecule has 0 bridgehead atoms. The molecule has 1 heterocycles. The number of fused-ring (bicyclic) bond motifs is 1. The third-order valence-electron chi connectivity index (χ3n) is 2.27. The van der Waals surface area contributed by atoms with E-state index < -0.39 is 8.07 Å². The van der Waals surface area contributed by atoms with Crippen LogP contribution in [0.2, 0.25) is 19.6 Å². The summed E-state index contributed by atoms with van der Waals surface area (Å²) in [5.74, 6) is 0. The van der Waals surface area contributed by atoms with Crippen molar-refractivity contribution in [2.24, 2.45) is 0 Å². The van der Waals surface area contributed by atoms with Crippen LogP contribution in [0.3, 0.4) is 0 Å². The maximum Gasteiger partial charge on any atom is 0.181 e. The van der Waals surface area contributed by atoms with Crippen LogP contribution in [0, 0.1) is 0 Å². The van der Waals surface area contributed by atoms with E-state index in [0.29, 0.717) is 5.13 Å². The SMILES string of the molecule is C[Si](C)(C)c1ccc2nc(N)sc2c1. The minimum atomic E-state index is -1.20. The maximum atomic E-state index is 5.67. The average molecular weight is 222 g/mol. The lowest BCUT2D eigenvalue weighted by Gasteiger charge is -2.15. The van der Waals surface area contributed by atoms with Gasteiger partial charge in [0.15, 0.2) is 5.13 Å². The average Bonchev–Trinajstić information content (AvgIpc) is 2.41. The van der Waals surface area contributed by atoms with E-state index in [9.17, 15) is 0 Å². The van der Waals surface area contributed by atoms with Crippen LogP contribution in [-0.4, -0.2) is 13.1 Å². The Labute approximate surface area is 88.8 Å². The third kappa shape index (κ3) is 1.67. The monoisotopic (exact) mass is 222 g/mol. The molecule has 0 radical (unpaired) electrons. The number of nitrogens with two attached hydrogens (primary N) is 1. The number of nitrogens with zero attached hydrogens (tertiary/aromatic N) is 1. The summed E-state index contributed by atoms with van der Waals surface area (Å²) in [6.45, 7) is 7.04. The zero-order valence-corrected chi connectivity index (χ0v) is 10.5. The summed E-state index contributed by atoms with van der Waals surface area (Å²) >= 11 is 1.57. The minimum Gasteiger partial charge on any atom is -0.375 e. The van der Waals surface area contributed by atoms with Crippen molar-refractivity contribution in [1.82, 2.24) is 4.98 Å². The van der Waals surface area contributed by atoms with Crippen LogP contribution < -0.4 is 10.9 Å². The number of benzene rings is 1. The lowest BCUT2D eigenvalue weighted by Crippen LogP contribution is -2.37. The van der Waals surface area contributed by atoms with Crippen molar-refractivity contribution in [2.45, 2.75) is 19.6 Å². The van der Waals surface area contributed by atoms with Gasteiger partial charge in [-0.25, -0.2) is 4.98 Å². The molecular formula is C10H14N2SSi. The fraction of sp³-hybridized carbons (Fsp3) is 0.300. The highest BCUT2D eigenvalue weighted by atomic mass is 32.1. The molecule has 0 aliphatic rings. The van der Waals surface area contributed by atoms with E-state index in [1.807, 2.05) is 0 Å². The second-order valence-corrected chi connectivity index (χ2v) is 10.6. The van der Waals surface area contributed by atoms with Gasteiger partial charge in [0.25, 0.3) is 0 Å². The first-order valence-electron chi connectivity index (χ1n) is 4.63. The molecule has 0 amide bonds. The number of thiazole rings is 1. The Bertz CT molecular complexity index is 470. The zero-order valence-electron chi connectivity index (χ0n) is 8.66. The van der Waals surface area contributed by atoms with Crippen molar-refractivity contribution in [3.8, 4) is 0 Å². The van der Waals surface area contributed by atoms with Gasteiger partial charge in [-0.3, -0.25) is 0 Å². The topological polar surface area (TPSA) is 38.9 Å². The third-order valence-corrected chi connectivity index (χ3v) is 5.16. The van der Waals surface area contributed by atoms with E-state index in [1.54, 1.807) is 11.3 Å². The predicted molar refractivity (Wildman–Crippen MR) is 67.0 cm³/mol. The molecule has 0 aliphatic carbocycles. The van der Waals surface area contributed by atoms with Crippen LogP contribution in [0.1, 0.15) is 0 Å². The zero-order chi connectivity index (χ0) is 10.3. The number of anilines is 1. The van der Waals surface area contributed by atoms with Gasteiger partial charge in [-0.15, -0.1) is 0 Å². The molecule has 4 heteroatoms. The molecule has 1 aromatic carbocycles. The van der Waals surface area contributed by atoms with E-state index in [4.69, 9.17) is 5.73 Å². The molecule has 2 N–H and O–H groups in total. The Kier molecular flexibility index (Phi) is 2.12. The molecule has 0 atom stereocenters. The molecule has 0 saturated heterocycles. The molecule has 2 rings (SSSR count). The fourth-order valence-electron chi connectivity index (χ4n) is 1.41. The fourth-order valence-corrected chi connectivity index (χ4v) is 3.45. The Morgan fingerprint density at radius 2 is 2.00 bits per heavy atom. The molecule has 2 nitrogen and oxygen atoms in total. The first kappa shape index (κ1) is 9.67. The van der Waals surface area contributed by atoms with Gasteiger partial charge in [0.05, 0.1) is 18.3 Å². The Morgan fingerprint density at radius 1 is 1.29 bits per heavy atom. The van der Waals surface area contributed by atoms with E-state index in [-0.39, 0.29) is 0 Å². The summed E-state index contributed by atoms with van der Waals surface area (Å²) in [5, 5.41) is 2.13. The van der Waals surface area contributed by atoms with E-state index in [2.05, 4.69) is 42.8 Å². The van der Waals surface area contributed by atoms with Gasteiger partial charge in [-0.1, -0.05) is 42.2 Å². The number of nitrogen functional groups attached to an aromatic ring is 1. The van der Waals surface area contributed by atoms with E-state index in [0.717, 1.165) is 5.52 Å². The lowest BCUT2D eigenvalue weighted by atomic mass is 10.3. The Morgan fingerprint density at radius 3 is 2.64 bits per heavy atom. The minimum absolute atomic E-state index is 0.660. The second-order valence-electron chi connectivity index (χ2n) is 4.48. The highest BCUT2D eigenvalue weighted by molar-refractivity contribution is 7.22.